The van der Waals surface area contributed by atoms with E-state index in [1.807, 2.05) is 0 Å². The van der Waals surface area contributed by atoms with Gasteiger partial charge in [-0.25, -0.2) is 0 Å². The van der Waals surface area contributed by atoms with Crippen molar-refractivity contribution in [1.29, 1.82) is 0 Å². The zero-order valence-corrected chi connectivity index (χ0v) is 13.3. The minimum Gasteiger partial charge on any atom is -0.392 e. The van der Waals surface area contributed by atoms with Crippen LogP contribution < -0.4 is 0 Å². The molecule has 2 aliphatic rings. The van der Waals surface area contributed by atoms with Gasteiger partial charge in [0.15, 0.2) is 0 Å². The molecule has 1 aromatic rings. The highest BCUT2D eigenvalue weighted by Gasteiger charge is 2.37. The second-order valence-corrected chi connectivity index (χ2v) is 6.94. The van der Waals surface area contributed by atoms with Gasteiger partial charge in [-0.05, 0) is 37.8 Å². The van der Waals surface area contributed by atoms with Crippen molar-refractivity contribution < 1.29 is 5.11 Å². The summed E-state index contributed by atoms with van der Waals surface area (Å²) in [5.74, 6) is 0.616. The van der Waals surface area contributed by atoms with Crippen molar-refractivity contribution in [1.82, 2.24) is 9.80 Å². The molecular formula is C18H28N2O. The zero-order valence-electron chi connectivity index (χ0n) is 13.3. The van der Waals surface area contributed by atoms with E-state index in [1.165, 1.54) is 12.0 Å². The van der Waals surface area contributed by atoms with E-state index in [2.05, 4.69) is 54.0 Å². The SMILES string of the molecule is C[C@H](CCN1C[C@@H]2C[C@@H](O)CN2C[C@@H]1C)c1ccccc1. The lowest BCUT2D eigenvalue weighted by Crippen LogP contribution is -2.55. The van der Waals surface area contributed by atoms with Gasteiger partial charge in [0.1, 0.15) is 0 Å². The molecule has 0 spiro atoms. The fourth-order valence-electron chi connectivity index (χ4n) is 3.90. The Morgan fingerprint density at radius 3 is 2.71 bits per heavy atom. The molecule has 0 radical (unpaired) electrons. The number of aliphatic hydroxyl groups excluding tert-OH is 1. The lowest BCUT2D eigenvalue weighted by atomic mass is 9.97. The van der Waals surface area contributed by atoms with Gasteiger partial charge in [-0.1, -0.05) is 37.3 Å². The molecule has 2 fully saturated rings. The zero-order chi connectivity index (χ0) is 14.8. The van der Waals surface area contributed by atoms with Gasteiger partial charge in [-0.3, -0.25) is 9.80 Å². The smallest absolute Gasteiger partial charge is 0.0682 e. The number of piperazine rings is 1. The third kappa shape index (κ3) is 3.47. The van der Waals surface area contributed by atoms with E-state index in [9.17, 15) is 5.11 Å². The van der Waals surface area contributed by atoms with E-state index in [0.29, 0.717) is 18.0 Å². The van der Waals surface area contributed by atoms with Crippen molar-refractivity contribution >= 4 is 0 Å². The van der Waals surface area contributed by atoms with Crippen LogP contribution in [-0.4, -0.2) is 59.3 Å². The highest BCUT2D eigenvalue weighted by atomic mass is 16.3. The second-order valence-electron chi connectivity index (χ2n) is 6.94. The van der Waals surface area contributed by atoms with Crippen molar-refractivity contribution in [2.75, 3.05) is 26.2 Å². The number of hydrogen-bond acceptors (Lipinski definition) is 3. The highest BCUT2D eigenvalue weighted by molar-refractivity contribution is 5.18. The Kier molecular flexibility index (Phi) is 4.63. The van der Waals surface area contributed by atoms with Gasteiger partial charge < -0.3 is 5.11 Å². The predicted octanol–water partition coefficient (Wildman–Crippen LogP) is 2.32. The van der Waals surface area contributed by atoms with Gasteiger partial charge in [-0.2, -0.15) is 0 Å². The summed E-state index contributed by atoms with van der Waals surface area (Å²) in [7, 11) is 0. The molecule has 3 nitrogen and oxygen atoms in total. The van der Waals surface area contributed by atoms with Crippen LogP contribution in [0.5, 0.6) is 0 Å². The van der Waals surface area contributed by atoms with Crippen LogP contribution in [0.3, 0.4) is 0 Å². The van der Waals surface area contributed by atoms with Crippen LogP contribution in [0.4, 0.5) is 0 Å². The summed E-state index contributed by atoms with van der Waals surface area (Å²) < 4.78 is 0. The molecule has 0 amide bonds. The first-order chi connectivity index (χ1) is 10.1. The summed E-state index contributed by atoms with van der Waals surface area (Å²) in [6.07, 6.45) is 2.06. The largest absolute Gasteiger partial charge is 0.392 e. The monoisotopic (exact) mass is 288 g/mol. The first kappa shape index (κ1) is 15.0. The number of fused-ring (bicyclic) bond motifs is 1. The van der Waals surface area contributed by atoms with Crippen LogP contribution in [-0.2, 0) is 0 Å². The van der Waals surface area contributed by atoms with Gasteiger partial charge in [0.25, 0.3) is 0 Å². The average molecular weight is 288 g/mol. The summed E-state index contributed by atoms with van der Waals surface area (Å²) >= 11 is 0. The van der Waals surface area contributed by atoms with E-state index >= 15 is 0 Å². The first-order valence-corrected chi connectivity index (χ1v) is 8.34. The molecule has 0 aliphatic carbocycles. The topological polar surface area (TPSA) is 26.7 Å². The molecule has 1 aromatic carbocycles. The van der Waals surface area contributed by atoms with Crippen LogP contribution in [0, 0.1) is 0 Å². The van der Waals surface area contributed by atoms with Crippen molar-refractivity contribution in [2.24, 2.45) is 0 Å². The van der Waals surface area contributed by atoms with Crippen LogP contribution in [0.25, 0.3) is 0 Å². The second kappa shape index (κ2) is 6.47. The molecule has 2 heterocycles. The summed E-state index contributed by atoms with van der Waals surface area (Å²) in [5.41, 5.74) is 1.44. The number of hydrogen-bond donors (Lipinski definition) is 1. The molecule has 21 heavy (non-hydrogen) atoms. The van der Waals surface area contributed by atoms with E-state index in [1.54, 1.807) is 0 Å². The minimum atomic E-state index is -0.106. The maximum atomic E-state index is 9.84. The van der Waals surface area contributed by atoms with Gasteiger partial charge in [0.05, 0.1) is 6.10 Å². The molecule has 0 bridgehead atoms. The Hall–Kier alpha value is -0.900. The number of aliphatic hydroxyl groups is 1. The third-order valence-corrected chi connectivity index (χ3v) is 5.29. The summed E-state index contributed by atoms with van der Waals surface area (Å²) in [6, 6.07) is 12.0. The molecule has 3 rings (SSSR count). The van der Waals surface area contributed by atoms with Gasteiger partial charge in [0.2, 0.25) is 0 Å². The van der Waals surface area contributed by atoms with Crippen molar-refractivity contribution in [3.05, 3.63) is 35.9 Å². The number of nitrogens with zero attached hydrogens (tertiary/aromatic N) is 2. The van der Waals surface area contributed by atoms with Crippen LogP contribution in [0.1, 0.15) is 38.2 Å². The van der Waals surface area contributed by atoms with Crippen LogP contribution in [0.2, 0.25) is 0 Å². The first-order valence-electron chi connectivity index (χ1n) is 8.34. The standard InChI is InChI=1S/C18H28N2O/c1-14(16-6-4-3-5-7-16)8-9-19-12-17-10-18(21)13-20(17)11-15(19)2/h3-7,14-15,17-18,21H,8-13H2,1-2H3/t14-,15+,17+,18-/m1/s1. The van der Waals surface area contributed by atoms with E-state index < -0.39 is 0 Å². The molecule has 3 heteroatoms. The van der Waals surface area contributed by atoms with Gasteiger partial charge in [0, 0.05) is 31.7 Å². The fourth-order valence-corrected chi connectivity index (χ4v) is 3.90. The maximum Gasteiger partial charge on any atom is 0.0682 e. The van der Waals surface area contributed by atoms with Crippen LogP contribution >= 0.6 is 0 Å². The molecule has 116 valence electrons. The Labute approximate surface area is 128 Å². The lowest BCUT2D eigenvalue weighted by Gasteiger charge is -2.42. The Morgan fingerprint density at radius 2 is 1.95 bits per heavy atom. The van der Waals surface area contributed by atoms with E-state index in [0.717, 1.165) is 32.6 Å². The molecule has 2 saturated heterocycles. The van der Waals surface area contributed by atoms with Crippen molar-refractivity contribution in [3.8, 4) is 0 Å². The molecule has 1 N–H and O–H groups in total. The van der Waals surface area contributed by atoms with Crippen LogP contribution in [0.15, 0.2) is 30.3 Å². The number of benzene rings is 1. The molecule has 4 atom stereocenters. The summed E-state index contributed by atoms with van der Waals surface area (Å²) in [6.45, 7) is 8.94. The van der Waals surface area contributed by atoms with E-state index in [-0.39, 0.29) is 6.10 Å². The maximum absolute atomic E-state index is 9.84. The molecule has 0 saturated carbocycles. The molecule has 0 aromatic heterocycles. The Morgan fingerprint density at radius 1 is 1.19 bits per heavy atom. The van der Waals surface area contributed by atoms with Gasteiger partial charge in [-0.15, -0.1) is 0 Å². The third-order valence-electron chi connectivity index (χ3n) is 5.29. The Balaban J connectivity index is 1.53. The predicted molar refractivity (Wildman–Crippen MR) is 86.5 cm³/mol. The van der Waals surface area contributed by atoms with Gasteiger partial charge >= 0.3 is 0 Å². The minimum absolute atomic E-state index is 0.106. The fraction of sp³-hybridized carbons (Fsp3) is 0.667. The summed E-state index contributed by atoms with van der Waals surface area (Å²) in [5, 5.41) is 9.84. The lowest BCUT2D eigenvalue weighted by molar-refractivity contribution is 0.0564. The molecular weight excluding hydrogens is 260 g/mol. The Bertz CT molecular complexity index is 450. The average Bonchev–Trinajstić information content (AvgIpc) is 2.84. The van der Waals surface area contributed by atoms with Crippen molar-refractivity contribution in [2.45, 2.75) is 50.8 Å². The van der Waals surface area contributed by atoms with E-state index in [4.69, 9.17) is 0 Å². The molecule has 0 unspecified atom stereocenters. The van der Waals surface area contributed by atoms with Crippen molar-refractivity contribution in [3.63, 3.8) is 0 Å². The normalized spacial score (nSPS) is 32.0. The highest BCUT2D eigenvalue weighted by Crippen LogP contribution is 2.26. The quantitative estimate of drug-likeness (QED) is 0.921. The number of rotatable bonds is 4. The summed E-state index contributed by atoms with van der Waals surface area (Å²) in [4.78, 5) is 5.10. The molecule has 2 aliphatic heterocycles.